The van der Waals surface area contributed by atoms with Crippen molar-refractivity contribution in [1.29, 1.82) is 0 Å². The first-order chi connectivity index (χ1) is 17.5. The Morgan fingerprint density at radius 1 is 0.889 bits per heavy atom. The van der Waals surface area contributed by atoms with Crippen LogP contribution in [0.1, 0.15) is 27.2 Å². The number of nitrogens with one attached hydrogen (secondary N) is 2. The maximum absolute atomic E-state index is 12.8. The molecular weight excluding hydrogens is 478 g/mol. The van der Waals surface area contributed by atoms with Gasteiger partial charge in [0.05, 0.1) is 36.4 Å². The third-order valence-corrected chi connectivity index (χ3v) is 6.13. The lowest BCUT2D eigenvalue weighted by atomic mass is 10.1. The molecule has 0 unspecified atom stereocenters. The van der Waals surface area contributed by atoms with Gasteiger partial charge in [0, 0.05) is 34.9 Å². The lowest BCUT2D eigenvalue weighted by molar-refractivity contribution is 0.0949. The monoisotopic (exact) mass is 499 g/mol. The van der Waals surface area contributed by atoms with Crippen molar-refractivity contribution in [3.63, 3.8) is 0 Å². The Hall–Kier alpha value is -4.43. The largest absolute Gasteiger partial charge is 0.346 e. The van der Waals surface area contributed by atoms with Gasteiger partial charge in [-0.3, -0.25) is 19.5 Å². The molecule has 0 radical (unpaired) electrons. The van der Waals surface area contributed by atoms with Crippen molar-refractivity contribution in [2.45, 2.75) is 19.6 Å². The standard InChI is InChI=1S/C27H22ClN5O3/c28-21-9-10-23-22(13-21)24(31-30-23)14-29-27(36)20-8-11-26(35)33(17-20)16-19-6-4-18(5-7-19)15-32-12-2-1-3-25(32)34/h1-13,17H,14-16H2,(H,29,36)(H,30,31). The van der Waals surface area contributed by atoms with E-state index in [0.29, 0.717) is 29.4 Å². The molecule has 0 aliphatic carbocycles. The molecule has 0 bridgehead atoms. The molecule has 0 fully saturated rings. The van der Waals surface area contributed by atoms with E-state index in [0.717, 1.165) is 22.0 Å². The Morgan fingerprint density at radius 2 is 1.61 bits per heavy atom. The summed E-state index contributed by atoms with van der Waals surface area (Å²) in [6.45, 7) is 0.991. The van der Waals surface area contributed by atoms with Crippen LogP contribution in [0, 0.1) is 0 Å². The second kappa shape index (κ2) is 10.1. The van der Waals surface area contributed by atoms with Gasteiger partial charge in [-0.1, -0.05) is 41.9 Å². The molecule has 36 heavy (non-hydrogen) atoms. The molecule has 2 aromatic carbocycles. The first-order valence-corrected chi connectivity index (χ1v) is 11.7. The average molecular weight is 500 g/mol. The van der Waals surface area contributed by atoms with Crippen LogP contribution < -0.4 is 16.4 Å². The summed E-state index contributed by atoms with van der Waals surface area (Å²) in [4.78, 5) is 37.1. The number of aromatic nitrogens is 4. The molecule has 5 rings (SSSR count). The minimum Gasteiger partial charge on any atom is -0.346 e. The van der Waals surface area contributed by atoms with E-state index in [2.05, 4.69) is 15.5 Å². The first-order valence-electron chi connectivity index (χ1n) is 11.3. The fourth-order valence-corrected chi connectivity index (χ4v) is 4.14. The normalized spacial score (nSPS) is 11.0. The average Bonchev–Trinajstić information content (AvgIpc) is 3.28. The van der Waals surface area contributed by atoms with Crippen molar-refractivity contribution < 1.29 is 4.79 Å². The number of fused-ring (bicyclic) bond motifs is 1. The van der Waals surface area contributed by atoms with Crippen LogP contribution in [-0.4, -0.2) is 25.2 Å². The lowest BCUT2D eigenvalue weighted by Crippen LogP contribution is -2.26. The van der Waals surface area contributed by atoms with E-state index in [9.17, 15) is 14.4 Å². The molecule has 0 atom stereocenters. The fraction of sp³-hybridized carbons (Fsp3) is 0.111. The van der Waals surface area contributed by atoms with Gasteiger partial charge in [0.25, 0.3) is 17.0 Å². The number of H-pyrrole nitrogens is 1. The van der Waals surface area contributed by atoms with E-state index in [1.165, 1.54) is 22.8 Å². The van der Waals surface area contributed by atoms with E-state index in [-0.39, 0.29) is 23.6 Å². The Kier molecular flexibility index (Phi) is 6.51. The second-order valence-electron chi connectivity index (χ2n) is 8.41. The summed E-state index contributed by atoms with van der Waals surface area (Å²) in [6, 6.07) is 21.0. The van der Waals surface area contributed by atoms with Crippen LogP contribution in [0.25, 0.3) is 10.9 Å². The lowest BCUT2D eigenvalue weighted by Gasteiger charge is -2.10. The molecule has 3 heterocycles. The predicted octanol–water partition coefficient (Wildman–Crippen LogP) is 3.57. The third-order valence-electron chi connectivity index (χ3n) is 5.89. The van der Waals surface area contributed by atoms with Gasteiger partial charge in [0.15, 0.2) is 0 Å². The van der Waals surface area contributed by atoms with E-state index in [1.54, 1.807) is 35.2 Å². The van der Waals surface area contributed by atoms with Crippen molar-refractivity contribution in [3.8, 4) is 0 Å². The molecule has 0 saturated heterocycles. The minimum absolute atomic E-state index is 0.0625. The number of aromatic amines is 1. The van der Waals surface area contributed by atoms with Crippen LogP contribution in [0.5, 0.6) is 0 Å². The Balaban J connectivity index is 1.27. The second-order valence-corrected chi connectivity index (χ2v) is 8.85. The van der Waals surface area contributed by atoms with Gasteiger partial charge in [-0.25, -0.2) is 0 Å². The summed E-state index contributed by atoms with van der Waals surface area (Å²) < 4.78 is 3.12. The molecule has 0 spiro atoms. The van der Waals surface area contributed by atoms with Crippen LogP contribution in [-0.2, 0) is 19.6 Å². The Bertz CT molecular complexity index is 1670. The zero-order valence-electron chi connectivity index (χ0n) is 19.1. The zero-order chi connectivity index (χ0) is 25.1. The molecule has 0 saturated carbocycles. The molecule has 8 nitrogen and oxygen atoms in total. The number of nitrogens with zero attached hydrogens (tertiary/aromatic N) is 3. The highest BCUT2D eigenvalue weighted by atomic mass is 35.5. The quantitative estimate of drug-likeness (QED) is 0.357. The number of hydrogen-bond acceptors (Lipinski definition) is 4. The van der Waals surface area contributed by atoms with E-state index < -0.39 is 0 Å². The molecule has 0 aliphatic rings. The van der Waals surface area contributed by atoms with Crippen molar-refractivity contribution >= 4 is 28.4 Å². The van der Waals surface area contributed by atoms with Gasteiger partial charge in [0.2, 0.25) is 0 Å². The number of hydrogen-bond donors (Lipinski definition) is 2. The third kappa shape index (κ3) is 5.13. The van der Waals surface area contributed by atoms with Crippen molar-refractivity contribution in [2.75, 3.05) is 0 Å². The molecule has 5 aromatic rings. The molecular formula is C27H22ClN5O3. The van der Waals surface area contributed by atoms with Crippen LogP contribution >= 0.6 is 11.6 Å². The number of halogens is 1. The van der Waals surface area contributed by atoms with Crippen LogP contribution in [0.15, 0.2) is 94.8 Å². The number of benzene rings is 2. The van der Waals surface area contributed by atoms with Crippen molar-refractivity contribution in [3.05, 3.63) is 133 Å². The summed E-state index contributed by atoms with van der Waals surface area (Å²) in [5.41, 5.74) is 3.48. The van der Waals surface area contributed by atoms with E-state index in [4.69, 9.17) is 11.6 Å². The van der Waals surface area contributed by atoms with Crippen molar-refractivity contribution in [1.82, 2.24) is 24.6 Å². The molecule has 0 aliphatic heterocycles. The smallest absolute Gasteiger partial charge is 0.253 e. The summed E-state index contributed by atoms with van der Waals surface area (Å²) in [7, 11) is 0. The first kappa shape index (κ1) is 23.3. The number of carbonyl (C=O) groups excluding carboxylic acids is 1. The van der Waals surface area contributed by atoms with Gasteiger partial charge >= 0.3 is 0 Å². The highest BCUT2D eigenvalue weighted by Crippen LogP contribution is 2.20. The number of rotatable bonds is 7. The number of pyridine rings is 2. The summed E-state index contributed by atoms with van der Waals surface area (Å²) in [5.74, 6) is -0.314. The van der Waals surface area contributed by atoms with Crippen LogP contribution in [0.4, 0.5) is 0 Å². The van der Waals surface area contributed by atoms with E-state index in [1.807, 2.05) is 36.4 Å². The van der Waals surface area contributed by atoms with Crippen molar-refractivity contribution in [2.24, 2.45) is 0 Å². The Morgan fingerprint density at radius 3 is 2.36 bits per heavy atom. The molecule has 1 amide bonds. The highest BCUT2D eigenvalue weighted by molar-refractivity contribution is 6.31. The zero-order valence-corrected chi connectivity index (χ0v) is 19.9. The molecule has 3 aromatic heterocycles. The van der Waals surface area contributed by atoms with Crippen LogP contribution in [0.2, 0.25) is 5.02 Å². The van der Waals surface area contributed by atoms with Gasteiger partial charge < -0.3 is 14.5 Å². The van der Waals surface area contributed by atoms with Gasteiger partial charge in [0.1, 0.15) is 0 Å². The van der Waals surface area contributed by atoms with E-state index >= 15 is 0 Å². The topological polar surface area (TPSA) is 102 Å². The van der Waals surface area contributed by atoms with Gasteiger partial charge in [-0.2, -0.15) is 5.10 Å². The number of amides is 1. The predicted molar refractivity (Wildman–Crippen MR) is 138 cm³/mol. The molecule has 9 heteroatoms. The minimum atomic E-state index is -0.314. The molecule has 180 valence electrons. The van der Waals surface area contributed by atoms with Gasteiger partial charge in [-0.05, 0) is 41.5 Å². The number of carbonyl (C=O) groups is 1. The summed E-state index contributed by atoms with van der Waals surface area (Å²) in [5, 5.41) is 11.5. The molecule has 2 N–H and O–H groups in total. The Labute approximate surface area is 210 Å². The van der Waals surface area contributed by atoms with Crippen LogP contribution in [0.3, 0.4) is 0 Å². The van der Waals surface area contributed by atoms with Gasteiger partial charge in [-0.15, -0.1) is 0 Å². The summed E-state index contributed by atoms with van der Waals surface area (Å²) in [6.07, 6.45) is 3.30. The maximum atomic E-state index is 12.8. The SMILES string of the molecule is O=C(NCc1n[nH]c2ccc(Cl)cc12)c1ccc(=O)n(Cc2ccc(Cn3ccccc3=O)cc2)c1. The maximum Gasteiger partial charge on any atom is 0.253 e. The highest BCUT2D eigenvalue weighted by Gasteiger charge is 2.11. The fourth-order valence-electron chi connectivity index (χ4n) is 3.97. The summed E-state index contributed by atoms with van der Waals surface area (Å²) >= 11 is 6.08.